The van der Waals surface area contributed by atoms with Gasteiger partial charge in [0.2, 0.25) is 0 Å². The van der Waals surface area contributed by atoms with Crippen molar-refractivity contribution in [2.75, 3.05) is 0 Å². The van der Waals surface area contributed by atoms with Crippen LogP contribution in [0, 0.1) is 10.1 Å². The van der Waals surface area contributed by atoms with E-state index >= 15 is 0 Å². The molecular formula is C29H18F3N5O4. The number of H-pyrrole nitrogens is 2. The van der Waals surface area contributed by atoms with Crippen LogP contribution < -0.4 is 11.4 Å². The number of nitrogens with one attached hydrogen (secondary N) is 2. The number of fused-ring (bicyclic) bond motifs is 2. The number of halogens is 3. The first-order chi connectivity index (χ1) is 19.6. The number of aromatic amines is 2. The predicted molar refractivity (Wildman–Crippen MR) is 147 cm³/mol. The Morgan fingerprint density at radius 1 is 0.659 bits per heavy atom. The lowest BCUT2D eigenvalue weighted by Gasteiger charge is -2.10. The number of non-ortho nitro benzene ring substituents is 1. The topological polar surface area (TPSA) is 135 Å². The molecule has 0 radical (unpaired) electrons. The van der Waals surface area contributed by atoms with Gasteiger partial charge in [-0.2, -0.15) is 23.1 Å². The Bertz CT molecular complexity index is 2010. The maximum absolute atomic E-state index is 12.8. The summed E-state index contributed by atoms with van der Waals surface area (Å²) in [6.07, 6.45) is -4.45. The molecule has 2 heterocycles. The number of nitrogens with zero attached hydrogens (tertiary/aromatic N) is 3. The molecule has 2 N–H and O–H groups in total. The molecule has 0 saturated heterocycles. The highest BCUT2D eigenvalue weighted by molar-refractivity contribution is 5.94. The normalized spacial score (nSPS) is 11.2. The number of alkyl halides is 3. The number of aromatic nitrogens is 4. The van der Waals surface area contributed by atoms with Crippen LogP contribution in [0.25, 0.3) is 44.3 Å². The molecule has 6 aromatic rings. The van der Waals surface area contributed by atoms with E-state index in [-0.39, 0.29) is 16.8 Å². The highest BCUT2D eigenvalue weighted by Gasteiger charge is 2.30. The van der Waals surface area contributed by atoms with Crippen LogP contribution in [0.3, 0.4) is 0 Å². The Balaban J connectivity index is 0.000000165. The molecule has 0 atom stereocenters. The smallest absolute Gasteiger partial charge is 0.305 e. The Labute approximate surface area is 228 Å². The first kappa shape index (κ1) is 26.9. The molecule has 6 rings (SSSR count). The molecule has 2 aromatic heterocycles. The summed E-state index contributed by atoms with van der Waals surface area (Å²) in [5, 5.41) is 11.7. The molecule has 0 saturated carbocycles. The Kier molecular flexibility index (Phi) is 7.13. The fourth-order valence-corrected chi connectivity index (χ4v) is 4.22. The highest BCUT2D eigenvalue weighted by atomic mass is 19.4. The Morgan fingerprint density at radius 2 is 1.12 bits per heavy atom. The van der Waals surface area contributed by atoms with E-state index in [0.29, 0.717) is 27.7 Å². The molecule has 9 nitrogen and oxygen atoms in total. The van der Waals surface area contributed by atoms with E-state index in [9.17, 15) is 32.9 Å². The van der Waals surface area contributed by atoms with Crippen LogP contribution in [0.2, 0.25) is 0 Å². The number of benzene rings is 4. The summed E-state index contributed by atoms with van der Waals surface area (Å²) in [5.74, 6) is 0. The summed E-state index contributed by atoms with van der Waals surface area (Å²) in [7, 11) is 0. The van der Waals surface area contributed by atoms with Crippen molar-refractivity contribution in [3.05, 3.63) is 134 Å². The van der Waals surface area contributed by atoms with E-state index in [4.69, 9.17) is 0 Å². The van der Waals surface area contributed by atoms with Crippen LogP contribution in [0.4, 0.5) is 18.9 Å². The van der Waals surface area contributed by atoms with Gasteiger partial charge in [-0.3, -0.25) is 10.1 Å². The van der Waals surface area contributed by atoms with Crippen molar-refractivity contribution in [1.82, 2.24) is 19.9 Å². The third-order valence-corrected chi connectivity index (χ3v) is 6.08. The van der Waals surface area contributed by atoms with Gasteiger partial charge in [0.25, 0.3) is 5.69 Å². The lowest BCUT2D eigenvalue weighted by molar-refractivity contribution is -0.384. The second-order valence-electron chi connectivity index (χ2n) is 8.76. The van der Waals surface area contributed by atoms with Gasteiger partial charge >= 0.3 is 17.6 Å². The average Bonchev–Trinajstić information content (AvgIpc) is 2.96. The fourth-order valence-electron chi connectivity index (χ4n) is 4.22. The maximum atomic E-state index is 12.8. The predicted octanol–water partition coefficient (Wildman–Crippen LogP) is 6.11. The number of rotatable bonds is 3. The summed E-state index contributed by atoms with van der Waals surface area (Å²) in [4.78, 5) is 46.3. The minimum atomic E-state index is -4.45. The number of hydrogen-bond acceptors (Lipinski definition) is 6. The summed E-state index contributed by atoms with van der Waals surface area (Å²) in [5.41, 5.74) is 0.956. The van der Waals surface area contributed by atoms with E-state index in [1.54, 1.807) is 42.5 Å². The minimum absolute atomic E-state index is 0.0384. The van der Waals surface area contributed by atoms with E-state index in [2.05, 4.69) is 19.9 Å². The van der Waals surface area contributed by atoms with Crippen molar-refractivity contribution in [2.24, 2.45) is 0 Å². The van der Waals surface area contributed by atoms with Gasteiger partial charge < -0.3 is 9.97 Å². The molecule has 0 unspecified atom stereocenters. The van der Waals surface area contributed by atoms with Crippen LogP contribution in [0.15, 0.2) is 107 Å². The fraction of sp³-hybridized carbons (Fsp3) is 0.0345. The molecule has 0 fully saturated rings. The van der Waals surface area contributed by atoms with Crippen LogP contribution >= 0.6 is 0 Å². The zero-order valence-corrected chi connectivity index (χ0v) is 20.8. The van der Waals surface area contributed by atoms with Crippen molar-refractivity contribution >= 4 is 27.5 Å². The summed E-state index contributed by atoms with van der Waals surface area (Å²) < 4.78 is 38.5. The SMILES string of the molecule is O=c1nc(-c2ccccc2)c2cc(C(F)(F)F)ccc2[nH]1.O=c1nc(-c2ccccc2)c2cc([N+](=O)[O-])ccc2[nH]1. The van der Waals surface area contributed by atoms with Crippen molar-refractivity contribution < 1.29 is 18.1 Å². The third-order valence-electron chi connectivity index (χ3n) is 6.08. The maximum Gasteiger partial charge on any atom is 0.416 e. The van der Waals surface area contributed by atoms with Gasteiger partial charge in [0.15, 0.2) is 0 Å². The third kappa shape index (κ3) is 5.86. The van der Waals surface area contributed by atoms with Crippen LogP contribution in [-0.2, 0) is 6.18 Å². The first-order valence-electron chi connectivity index (χ1n) is 12.0. The zero-order chi connectivity index (χ0) is 29.1. The van der Waals surface area contributed by atoms with Gasteiger partial charge in [-0.05, 0) is 24.3 Å². The van der Waals surface area contributed by atoms with E-state index in [0.717, 1.165) is 17.7 Å². The van der Waals surface area contributed by atoms with Gasteiger partial charge in [0.05, 0.1) is 32.9 Å². The highest BCUT2D eigenvalue weighted by Crippen LogP contribution is 2.33. The lowest BCUT2D eigenvalue weighted by atomic mass is 10.0. The lowest BCUT2D eigenvalue weighted by Crippen LogP contribution is -2.12. The minimum Gasteiger partial charge on any atom is -0.305 e. The molecule has 0 bridgehead atoms. The second-order valence-corrected chi connectivity index (χ2v) is 8.76. The molecule has 0 amide bonds. The molecule has 41 heavy (non-hydrogen) atoms. The molecule has 12 heteroatoms. The molecule has 0 aliphatic carbocycles. The second kappa shape index (κ2) is 10.8. The zero-order valence-electron chi connectivity index (χ0n) is 20.8. The van der Waals surface area contributed by atoms with Gasteiger partial charge in [0, 0.05) is 34.0 Å². The van der Waals surface area contributed by atoms with Gasteiger partial charge in [-0.25, -0.2) is 9.59 Å². The Hall–Kier alpha value is -5.65. The van der Waals surface area contributed by atoms with Gasteiger partial charge in [-0.15, -0.1) is 0 Å². The summed E-state index contributed by atoms with van der Waals surface area (Å²) in [6.45, 7) is 0. The number of nitro groups is 1. The molecule has 0 aliphatic heterocycles. The average molecular weight is 557 g/mol. The molecule has 0 aliphatic rings. The van der Waals surface area contributed by atoms with Crippen molar-refractivity contribution in [3.8, 4) is 22.5 Å². The monoisotopic (exact) mass is 557 g/mol. The largest absolute Gasteiger partial charge is 0.416 e. The molecular weight excluding hydrogens is 539 g/mol. The van der Waals surface area contributed by atoms with Crippen molar-refractivity contribution in [2.45, 2.75) is 6.18 Å². The number of hydrogen-bond donors (Lipinski definition) is 2. The molecule has 204 valence electrons. The summed E-state index contributed by atoms with van der Waals surface area (Å²) >= 11 is 0. The molecule has 0 spiro atoms. The van der Waals surface area contributed by atoms with Crippen molar-refractivity contribution in [1.29, 1.82) is 0 Å². The van der Waals surface area contributed by atoms with Crippen LogP contribution in [0.1, 0.15) is 5.56 Å². The first-order valence-corrected chi connectivity index (χ1v) is 12.0. The Morgan fingerprint density at radius 3 is 1.59 bits per heavy atom. The van der Waals surface area contributed by atoms with Crippen LogP contribution in [0.5, 0.6) is 0 Å². The quantitative estimate of drug-likeness (QED) is 0.199. The number of nitro benzene ring substituents is 1. The van der Waals surface area contributed by atoms with Gasteiger partial charge in [-0.1, -0.05) is 60.7 Å². The standard InChI is InChI=1S/C15H9F3N2O.C14H9N3O3/c16-15(17,18)10-6-7-12-11(8-10)13(20-14(21)19-12)9-4-2-1-3-5-9;18-14-15-12-7-6-10(17(19)20)8-11(12)13(16-14)9-4-2-1-3-5-9/h1-8H,(H,19,20,21);1-8H,(H,15,16,18). The van der Waals surface area contributed by atoms with E-state index < -0.39 is 28.0 Å². The van der Waals surface area contributed by atoms with Gasteiger partial charge in [0.1, 0.15) is 0 Å². The molecule has 4 aromatic carbocycles. The van der Waals surface area contributed by atoms with E-state index in [1.807, 2.05) is 18.2 Å². The summed E-state index contributed by atoms with van der Waals surface area (Å²) in [6, 6.07) is 25.2. The van der Waals surface area contributed by atoms with Crippen molar-refractivity contribution in [3.63, 3.8) is 0 Å². The van der Waals surface area contributed by atoms with E-state index in [1.165, 1.54) is 24.3 Å². The van der Waals surface area contributed by atoms with Crippen LogP contribution in [-0.4, -0.2) is 24.9 Å².